The highest BCUT2D eigenvalue weighted by molar-refractivity contribution is 4.84. The molecule has 0 atom stereocenters. The molecule has 4 aromatic rings. The first-order valence-corrected chi connectivity index (χ1v) is 12.0. The van der Waals surface area contributed by atoms with Gasteiger partial charge in [-0.2, -0.15) is 15.3 Å². The average Bonchev–Trinajstić information content (AvgIpc) is 2.96. The summed E-state index contributed by atoms with van der Waals surface area (Å²) in [4.78, 5) is 22.5. The van der Waals surface area contributed by atoms with Gasteiger partial charge < -0.3 is 0 Å². The molecule has 12 heteroatoms. The van der Waals surface area contributed by atoms with Gasteiger partial charge in [-0.05, 0) is 27.7 Å². The van der Waals surface area contributed by atoms with E-state index >= 15 is 0 Å². The van der Waals surface area contributed by atoms with E-state index in [2.05, 4.69) is 60.5 Å². The topological polar surface area (TPSA) is 155 Å². The molecule has 0 amide bonds. The molecular formula is C24H44N12. The molecular weight excluding hydrogens is 456 g/mol. The largest absolute Gasteiger partial charge is 0.241 e. The van der Waals surface area contributed by atoms with Gasteiger partial charge in [0.15, 0.2) is 0 Å². The van der Waals surface area contributed by atoms with Crippen molar-refractivity contribution in [3.63, 3.8) is 0 Å². The molecule has 200 valence electrons. The minimum absolute atomic E-state index is 0.711. The van der Waals surface area contributed by atoms with E-state index in [0.717, 1.165) is 17.2 Å². The zero-order valence-electron chi connectivity index (χ0n) is 24.0. The van der Waals surface area contributed by atoms with Crippen molar-refractivity contribution in [3.05, 3.63) is 73.1 Å². The normalized spacial score (nSPS) is 7.44. The molecule has 4 aromatic heterocycles. The van der Waals surface area contributed by atoms with Gasteiger partial charge in [-0.15, -0.1) is 15.3 Å². The number of aromatic nitrogens is 12. The van der Waals surface area contributed by atoms with Crippen molar-refractivity contribution >= 4 is 0 Å². The van der Waals surface area contributed by atoms with E-state index in [1.165, 1.54) is 25.3 Å². The van der Waals surface area contributed by atoms with Gasteiger partial charge in [-0.3, -0.25) is 0 Å². The second-order valence-corrected chi connectivity index (χ2v) is 4.87. The van der Waals surface area contributed by atoms with Crippen molar-refractivity contribution in [3.8, 4) is 0 Å². The smallest absolute Gasteiger partial charge is 0.147 e. The Labute approximate surface area is 217 Å². The molecule has 0 aromatic carbocycles. The Morgan fingerprint density at radius 2 is 1.03 bits per heavy atom. The lowest BCUT2D eigenvalue weighted by Gasteiger charge is -1.80. The van der Waals surface area contributed by atoms with E-state index in [9.17, 15) is 0 Å². The predicted molar refractivity (Wildman–Crippen MR) is 144 cm³/mol. The van der Waals surface area contributed by atoms with Gasteiger partial charge in [0.1, 0.15) is 37.0 Å². The summed E-state index contributed by atoms with van der Waals surface area (Å²) < 4.78 is 0. The fourth-order valence-corrected chi connectivity index (χ4v) is 1.22. The Morgan fingerprint density at radius 3 is 1.25 bits per heavy atom. The van der Waals surface area contributed by atoms with Crippen LogP contribution in [0.3, 0.4) is 0 Å². The van der Waals surface area contributed by atoms with Crippen LogP contribution >= 0.6 is 0 Å². The molecule has 4 rings (SSSR count). The summed E-state index contributed by atoms with van der Waals surface area (Å²) >= 11 is 0. The van der Waals surface area contributed by atoms with Crippen molar-refractivity contribution in [1.29, 1.82) is 0 Å². The molecule has 0 aliphatic rings. The Hall–Kier alpha value is -3.96. The van der Waals surface area contributed by atoms with Crippen molar-refractivity contribution < 1.29 is 0 Å². The SMILES string of the molecule is CC.CC.CC.CC.Cc1cncnn1.Cc1cnncn1.Cc1nccnn1.Cc1ncncn1. The summed E-state index contributed by atoms with van der Waals surface area (Å²) in [6, 6.07) is 0. The highest BCUT2D eigenvalue weighted by Gasteiger charge is 1.78. The zero-order chi connectivity index (χ0) is 28.5. The lowest BCUT2D eigenvalue weighted by Crippen LogP contribution is -1.85. The second-order valence-electron chi connectivity index (χ2n) is 4.87. The molecule has 0 aliphatic carbocycles. The van der Waals surface area contributed by atoms with Crippen LogP contribution in [0.4, 0.5) is 0 Å². The first-order chi connectivity index (χ1) is 17.6. The fraction of sp³-hybridized carbons (Fsp3) is 0.500. The van der Waals surface area contributed by atoms with Crippen LogP contribution in [0.2, 0.25) is 0 Å². The number of nitrogens with zero attached hydrogens (tertiary/aromatic N) is 12. The molecule has 0 saturated heterocycles. The summed E-state index contributed by atoms with van der Waals surface area (Å²) in [7, 11) is 0. The van der Waals surface area contributed by atoms with Gasteiger partial charge in [0, 0.05) is 6.20 Å². The maximum absolute atomic E-state index is 3.81. The van der Waals surface area contributed by atoms with E-state index in [0.29, 0.717) is 5.82 Å². The third-order valence-corrected chi connectivity index (χ3v) is 2.44. The first kappa shape index (κ1) is 39.3. The van der Waals surface area contributed by atoms with E-state index < -0.39 is 0 Å². The van der Waals surface area contributed by atoms with Gasteiger partial charge in [0.05, 0.1) is 30.0 Å². The molecule has 0 radical (unpaired) electrons. The quantitative estimate of drug-likeness (QED) is 0.325. The second kappa shape index (κ2) is 35.6. The van der Waals surface area contributed by atoms with Crippen molar-refractivity contribution in [2.75, 3.05) is 0 Å². The maximum atomic E-state index is 3.81. The standard InChI is InChI=1S/4C4H5N3.4C2H6/c1-4-6-2-5-3-7-4;1-4-2-6-7-3-5-4;1-4-2-5-3-6-7-4;1-4-5-2-3-6-7-4;4*1-2/h4*2-3H,1H3;4*1-2H3. The van der Waals surface area contributed by atoms with E-state index in [4.69, 9.17) is 0 Å². The van der Waals surface area contributed by atoms with Gasteiger partial charge >= 0.3 is 0 Å². The van der Waals surface area contributed by atoms with E-state index in [1.807, 2.05) is 76.2 Å². The van der Waals surface area contributed by atoms with Crippen LogP contribution < -0.4 is 0 Å². The lowest BCUT2D eigenvalue weighted by atomic mass is 10.6. The molecule has 0 spiro atoms. The molecule has 0 bridgehead atoms. The van der Waals surface area contributed by atoms with Crippen molar-refractivity contribution in [1.82, 2.24) is 60.5 Å². The number of aryl methyl sites for hydroxylation is 4. The van der Waals surface area contributed by atoms with Crippen LogP contribution in [0.1, 0.15) is 78.4 Å². The number of rotatable bonds is 0. The monoisotopic (exact) mass is 500 g/mol. The van der Waals surface area contributed by atoms with Crippen LogP contribution in [0.5, 0.6) is 0 Å². The first-order valence-electron chi connectivity index (χ1n) is 12.0. The van der Waals surface area contributed by atoms with Crippen molar-refractivity contribution in [2.24, 2.45) is 0 Å². The summed E-state index contributed by atoms with van der Waals surface area (Å²) in [6.45, 7) is 23.3. The van der Waals surface area contributed by atoms with Crippen molar-refractivity contribution in [2.45, 2.75) is 83.1 Å². The molecule has 12 nitrogen and oxygen atoms in total. The Balaban J connectivity index is -0.000000173. The molecule has 4 heterocycles. The van der Waals surface area contributed by atoms with Crippen LogP contribution in [-0.2, 0) is 0 Å². The highest BCUT2D eigenvalue weighted by Crippen LogP contribution is 1.78. The zero-order valence-corrected chi connectivity index (χ0v) is 24.0. The molecule has 36 heavy (non-hydrogen) atoms. The fourth-order valence-electron chi connectivity index (χ4n) is 1.22. The van der Waals surface area contributed by atoms with E-state index in [1.54, 1.807) is 31.7 Å². The summed E-state index contributed by atoms with van der Waals surface area (Å²) in [5.74, 6) is 1.47. The highest BCUT2D eigenvalue weighted by atomic mass is 15.1. The van der Waals surface area contributed by atoms with Crippen LogP contribution in [-0.4, -0.2) is 60.5 Å². The lowest BCUT2D eigenvalue weighted by molar-refractivity contribution is 0.907. The molecule has 0 aliphatic heterocycles. The Morgan fingerprint density at radius 1 is 0.417 bits per heavy atom. The Bertz CT molecular complexity index is 703. The van der Waals surface area contributed by atoms with Gasteiger partial charge in [0.25, 0.3) is 0 Å². The number of hydrogen-bond acceptors (Lipinski definition) is 12. The third kappa shape index (κ3) is 32.2. The van der Waals surface area contributed by atoms with Crippen LogP contribution in [0, 0.1) is 27.7 Å². The van der Waals surface area contributed by atoms with Gasteiger partial charge in [-0.1, -0.05) is 55.4 Å². The van der Waals surface area contributed by atoms with Crippen LogP contribution in [0.15, 0.2) is 50.1 Å². The third-order valence-electron chi connectivity index (χ3n) is 2.44. The molecule has 0 N–H and O–H groups in total. The average molecular weight is 501 g/mol. The summed E-state index contributed by atoms with van der Waals surface area (Å²) in [6.07, 6.45) is 12.2. The van der Waals surface area contributed by atoms with Gasteiger partial charge in [0.2, 0.25) is 0 Å². The summed E-state index contributed by atoms with van der Waals surface area (Å²) in [5.41, 5.74) is 1.75. The summed E-state index contributed by atoms with van der Waals surface area (Å²) in [5, 5.41) is 21.4. The predicted octanol–water partition coefficient (Wildman–Crippen LogP) is 4.82. The Kier molecular flexibility index (Phi) is 38.9. The maximum Gasteiger partial charge on any atom is 0.147 e. The molecule has 0 saturated carbocycles. The van der Waals surface area contributed by atoms with Gasteiger partial charge in [-0.25, -0.2) is 29.9 Å². The van der Waals surface area contributed by atoms with Crippen LogP contribution in [0.25, 0.3) is 0 Å². The minimum atomic E-state index is 0.711. The number of hydrogen-bond donors (Lipinski definition) is 0. The van der Waals surface area contributed by atoms with E-state index in [-0.39, 0.29) is 0 Å². The molecule has 0 unspecified atom stereocenters. The minimum Gasteiger partial charge on any atom is -0.241 e. The molecule has 0 fully saturated rings.